The van der Waals surface area contributed by atoms with Gasteiger partial charge in [0.2, 0.25) is 0 Å². The van der Waals surface area contributed by atoms with Gasteiger partial charge in [-0.2, -0.15) is 0 Å². The molecule has 2 aromatic heterocycles. The van der Waals surface area contributed by atoms with Crippen molar-refractivity contribution in [3.8, 4) is 0 Å². The molecule has 11 aliphatic rings. The van der Waals surface area contributed by atoms with E-state index in [1.807, 2.05) is 48.3 Å². The van der Waals surface area contributed by atoms with E-state index in [2.05, 4.69) is 122 Å². The van der Waals surface area contributed by atoms with Crippen molar-refractivity contribution in [3.05, 3.63) is 142 Å². The highest BCUT2D eigenvalue weighted by molar-refractivity contribution is 7.99. The van der Waals surface area contributed by atoms with Gasteiger partial charge in [0.05, 0.1) is 13.3 Å². The summed E-state index contributed by atoms with van der Waals surface area (Å²) in [4.78, 5) is 31.2. The maximum Gasteiger partial charge on any atom is 0.165 e. The largest absolute Gasteiger partial charge is 0.349 e. The summed E-state index contributed by atoms with van der Waals surface area (Å²) < 4.78 is 0. The van der Waals surface area contributed by atoms with E-state index < -0.39 is 0 Å². The minimum absolute atomic E-state index is 0.966. The highest BCUT2D eigenvalue weighted by atomic mass is 32.2. The van der Waals surface area contributed by atoms with Gasteiger partial charge in [0, 0.05) is 111 Å². The summed E-state index contributed by atoms with van der Waals surface area (Å²) in [6, 6.07) is 29.4. The number of rotatable bonds is 10. The Morgan fingerprint density at radius 2 is 0.790 bits per heavy atom. The van der Waals surface area contributed by atoms with E-state index in [1.54, 1.807) is 0 Å². The van der Waals surface area contributed by atoms with Gasteiger partial charge in [0.15, 0.2) is 10.3 Å². The molecule has 0 fully saturated rings. The van der Waals surface area contributed by atoms with Gasteiger partial charge in [0.1, 0.15) is 0 Å². The quantitative estimate of drug-likeness (QED) is 0.103. The highest BCUT2D eigenvalue weighted by Crippen LogP contribution is 2.40. The number of H-pyrrole nitrogens is 2. The normalized spacial score (nSPS) is 17.7. The molecule has 6 aromatic rings. The molecule has 16 bridgehead atoms. The van der Waals surface area contributed by atoms with Gasteiger partial charge in [-0.05, 0) is 120 Å². The number of hydrogen-bond donors (Lipinski definition) is 2. The average Bonchev–Trinajstić information content (AvgIpc) is 4.03. The van der Waals surface area contributed by atoms with Crippen LogP contribution in [0.3, 0.4) is 0 Å². The number of benzene rings is 4. The van der Waals surface area contributed by atoms with Gasteiger partial charge in [-0.3, -0.25) is 0 Å². The van der Waals surface area contributed by atoms with Gasteiger partial charge in [0.25, 0.3) is 0 Å². The summed E-state index contributed by atoms with van der Waals surface area (Å²) in [6.07, 6.45) is 14.1. The van der Waals surface area contributed by atoms with E-state index in [-0.39, 0.29) is 0 Å². The molecule has 0 saturated carbocycles. The van der Waals surface area contributed by atoms with E-state index in [9.17, 15) is 0 Å². The number of thioether (sulfide) groups is 2. The lowest BCUT2D eigenvalue weighted by Crippen LogP contribution is -2.46. The van der Waals surface area contributed by atoms with Gasteiger partial charge in [-0.25, -0.2) is 9.97 Å². The average molecular weight is 863 g/mol. The number of imidazole rings is 2. The molecule has 4 aromatic carbocycles. The summed E-state index contributed by atoms with van der Waals surface area (Å²) in [5.74, 6) is 2.13. The molecule has 62 heavy (non-hydrogen) atoms. The van der Waals surface area contributed by atoms with Crippen LogP contribution in [0.15, 0.2) is 108 Å². The van der Waals surface area contributed by atoms with Crippen molar-refractivity contribution in [3.63, 3.8) is 0 Å². The van der Waals surface area contributed by atoms with Crippen LogP contribution < -0.4 is 19.6 Å². The molecule has 0 atom stereocenters. The minimum atomic E-state index is 0.966. The molecule has 10 nitrogen and oxygen atoms in total. The molecular weight excluding hydrogens is 805 g/mol. The molecule has 0 unspecified atom stereocenters. The number of nitrogens with zero attached hydrogens (tertiary/aromatic N) is 8. The van der Waals surface area contributed by atoms with E-state index in [0.29, 0.717) is 0 Å². The van der Waals surface area contributed by atoms with Crippen LogP contribution in [0.4, 0.5) is 22.7 Å². The van der Waals surface area contributed by atoms with E-state index in [4.69, 9.17) is 0 Å². The fourth-order valence-electron chi connectivity index (χ4n) is 10.4. The molecule has 0 radical (unpaired) electrons. The number of aromatic amines is 2. The predicted octanol–water partition coefficient (Wildman–Crippen LogP) is 8.58. The zero-order valence-corrected chi connectivity index (χ0v) is 37.4. The third kappa shape index (κ3) is 8.84. The minimum Gasteiger partial charge on any atom is -0.349 e. The monoisotopic (exact) mass is 862 g/mol. The number of anilines is 4. The zero-order chi connectivity index (χ0) is 41.2. The molecule has 13 heterocycles. The molecule has 12 heteroatoms. The van der Waals surface area contributed by atoms with Crippen LogP contribution in [0.2, 0.25) is 0 Å². The standard InChI is InChI=1S/C50H58N10S2/c1(25-61-49-51-15-16-52-49)19-55-21-11-37-3-7-45-41(27-37)31-57-35-59(45)33-43-29-39(5-9-47(43)57)13-23-56(20-2-26-62-50-53-17-18-54-50)24-14-40-6-10-48-44(30-40)34-60-36-58(48)32-42-28-38(12-22-55)4-8-46(42)60/h3-10,15-18,27-30H,1-2,11-14,19-26,31-36H2,(H,51,52)(H,53,54). The Kier molecular flexibility index (Phi) is 11.6. The molecule has 2 N–H and O–H groups in total. The Morgan fingerprint density at radius 3 is 1.10 bits per heavy atom. The second kappa shape index (κ2) is 18.1. The lowest BCUT2D eigenvalue weighted by atomic mass is 9.97. The van der Waals surface area contributed by atoms with Crippen molar-refractivity contribution < 1.29 is 0 Å². The lowest BCUT2D eigenvalue weighted by Gasteiger charge is -2.45. The van der Waals surface area contributed by atoms with Gasteiger partial charge < -0.3 is 39.4 Å². The van der Waals surface area contributed by atoms with Crippen molar-refractivity contribution in [2.45, 2.75) is 75.0 Å². The molecule has 11 aliphatic heterocycles. The number of hydrogen-bond acceptors (Lipinski definition) is 10. The van der Waals surface area contributed by atoms with Gasteiger partial charge in [-0.1, -0.05) is 72.1 Å². The second-order valence-electron chi connectivity index (χ2n) is 17.8. The summed E-state index contributed by atoms with van der Waals surface area (Å²) in [5, 5.41) is 2.03. The summed E-state index contributed by atoms with van der Waals surface area (Å²) in [7, 11) is 0. The van der Waals surface area contributed by atoms with Crippen LogP contribution in [0.25, 0.3) is 0 Å². The van der Waals surface area contributed by atoms with Gasteiger partial charge in [-0.15, -0.1) is 0 Å². The van der Waals surface area contributed by atoms with E-state index in [0.717, 1.165) is 139 Å². The zero-order valence-electron chi connectivity index (χ0n) is 35.8. The van der Waals surface area contributed by atoms with Crippen LogP contribution >= 0.6 is 23.5 Å². The Balaban J connectivity index is 0.852. The summed E-state index contributed by atoms with van der Waals surface area (Å²) in [6.45, 7) is 12.3. The van der Waals surface area contributed by atoms with Crippen molar-refractivity contribution in [1.29, 1.82) is 0 Å². The molecule has 0 spiro atoms. The fraction of sp³-hybridized carbons (Fsp3) is 0.400. The van der Waals surface area contributed by atoms with Gasteiger partial charge >= 0.3 is 0 Å². The molecule has 0 aliphatic carbocycles. The predicted molar refractivity (Wildman–Crippen MR) is 256 cm³/mol. The summed E-state index contributed by atoms with van der Waals surface area (Å²) >= 11 is 3.66. The van der Waals surface area contributed by atoms with Crippen LogP contribution in [-0.2, 0) is 51.9 Å². The maximum atomic E-state index is 4.44. The SMILES string of the molecule is c1c[nH]c(SCCCN2CCc3ccc4c(c3)CN3CN4Cc4cc(ccc43)CCN(CCCSc3ncc[nH]3)CCc3ccc4c(c3)CN3CN4Cc4cc(ccc43)CC2)n1. The molecule has 0 saturated heterocycles. The molecular formula is C50H58N10S2. The van der Waals surface area contributed by atoms with Crippen molar-refractivity contribution in [2.75, 3.05) is 83.7 Å². The Hall–Kier alpha value is -4.88. The first-order valence-electron chi connectivity index (χ1n) is 22.8. The number of nitrogens with one attached hydrogen (secondary N) is 2. The van der Waals surface area contributed by atoms with Crippen LogP contribution in [0.1, 0.15) is 57.3 Å². The van der Waals surface area contributed by atoms with Crippen LogP contribution in [0.5, 0.6) is 0 Å². The first-order chi connectivity index (χ1) is 30.6. The highest BCUT2D eigenvalue weighted by Gasteiger charge is 2.31. The Bertz CT molecular complexity index is 2170. The molecule has 0 amide bonds. The first-order valence-corrected chi connectivity index (χ1v) is 24.8. The Labute approximate surface area is 375 Å². The van der Waals surface area contributed by atoms with Crippen molar-refractivity contribution >= 4 is 46.3 Å². The fourth-order valence-corrected chi connectivity index (χ4v) is 11.9. The van der Waals surface area contributed by atoms with E-state index >= 15 is 0 Å². The van der Waals surface area contributed by atoms with Crippen molar-refractivity contribution in [2.24, 2.45) is 0 Å². The van der Waals surface area contributed by atoms with Crippen molar-refractivity contribution in [1.82, 2.24) is 29.7 Å². The smallest absolute Gasteiger partial charge is 0.165 e. The van der Waals surface area contributed by atoms with E-state index in [1.165, 1.54) is 67.3 Å². The first kappa shape index (κ1) is 39.9. The molecule has 17 rings (SSSR count). The maximum absolute atomic E-state index is 4.44. The lowest BCUT2D eigenvalue weighted by molar-refractivity contribution is 0.281. The Morgan fingerprint density at radius 1 is 0.452 bits per heavy atom. The third-order valence-electron chi connectivity index (χ3n) is 13.6. The molecule has 320 valence electrons. The number of aromatic nitrogens is 4. The summed E-state index contributed by atoms with van der Waals surface area (Å²) in [5.41, 5.74) is 17.3. The van der Waals surface area contributed by atoms with Crippen LogP contribution in [-0.4, -0.2) is 93.8 Å². The van der Waals surface area contributed by atoms with Crippen LogP contribution in [0, 0.1) is 0 Å². The topological polar surface area (TPSA) is 76.8 Å². The third-order valence-corrected chi connectivity index (χ3v) is 15.6. The second-order valence-corrected chi connectivity index (χ2v) is 20.0.